The summed E-state index contributed by atoms with van der Waals surface area (Å²) in [6.45, 7) is 9.32. The van der Waals surface area contributed by atoms with Crippen LogP contribution in [0.3, 0.4) is 0 Å². The summed E-state index contributed by atoms with van der Waals surface area (Å²) in [4.78, 5) is 18.6. The van der Waals surface area contributed by atoms with Crippen molar-refractivity contribution >= 4 is 17.1 Å². The molecule has 1 heterocycles. The minimum atomic E-state index is -0.223. The first-order chi connectivity index (χ1) is 19.4. The number of hydrogen-bond donors (Lipinski definition) is 0. The fourth-order valence-corrected chi connectivity index (χ4v) is 4.59. The molecule has 0 aliphatic carbocycles. The van der Waals surface area contributed by atoms with Crippen LogP contribution in [0.4, 0.5) is 0 Å². The first-order valence-corrected chi connectivity index (χ1v) is 13.5. The average Bonchev–Trinajstić information content (AvgIpc) is 2.97. The number of aryl methyl sites for hydroxylation is 1. The third-order valence-electron chi connectivity index (χ3n) is 6.72. The second-order valence-corrected chi connectivity index (χ2v) is 9.95. The van der Waals surface area contributed by atoms with Crippen molar-refractivity contribution in [1.82, 2.24) is 9.66 Å². The molecule has 0 bridgehead atoms. The maximum absolute atomic E-state index is 13.7. The summed E-state index contributed by atoms with van der Waals surface area (Å²) >= 11 is 0. The molecule has 6 heteroatoms. The SMILES string of the molecule is CCOc1cc(C)c(-c2nc3ccccc3c(=O)n2N=Cc2ccc(OCc3ccccc3)cc2)cc1C(C)C. The minimum absolute atomic E-state index is 0.223. The Balaban J connectivity index is 1.53. The van der Waals surface area contributed by atoms with Crippen LogP contribution in [-0.2, 0) is 6.61 Å². The van der Waals surface area contributed by atoms with Crippen LogP contribution < -0.4 is 15.0 Å². The Kier molecular flexibility index (Phi) is 8.06. The highest BCUT2D eigenvalue weighted by molar-refractivity contribution is 5.82. The monoisotopic (exact) mass is 531 g/mol. The third kappa shape index (κ3) is 5.81. The second-order valence-electron chi connectivity index (χ2n) is 9.95. The zero-order valence-corrected chi connectivity index (χ0v) is 23.3. The lowest BCUT2D eigenvalue weighted by Crippen LogP contribution is -2.20. The van der Waals surface area contributed by atoms with Crippen molar-refractivity contribution in [1.29, 1.82) is 0 Å². The molecular formula is C34H33N3O3. The summed E-state index contributed by atoms with van der Waals surface area (Å²) < 4.78 is 13.2. The van der Waals surface area contributed by atoms with Gasteiger partial charge in [-0.2, -0.15) is 9.78 Å². The fraction of sp³-hybridized carbons (Fsp3) is 0.206. The van der Waals surface area contributed by atoms with Gasteiger partial charge < -0.3 is 9.47 Å². The predicted molar refractivity (Wildman–Crippen MR) is 162 cm³/mol. The summed E-state index contributed by atoms with van der Waals surface area (Å²) in [6.07, 6.45) is 1.68. The Morgan fingerprint density at radius 2 is 1.65 bits per heavy atom. The molecule has 40 heavy (non-hydrogen) atoms. The van der Waals surface area contributed by atoms with Gasteiger partial charge in [-0.05, 0) is 90.6 Å². The Morgan fingerprint density at radius 1 is 0.925 bits per heavy atom. The van der Waals surface area contributed by atoms with Crippen molar-refractivity contribution in [3.8, 4) is 22.9 Å². The normalized spacial score (nSPS) is 11.4. The van der Waals surface area contributed by atoms with Crippen LogP contribution >= 0.6 is 0 Å². The molecule has 0 aliphatic rings. The van der Waals surface area contributed by atoms with Gasteiger partial charge in [0.05, 0.1) is 23.7 Å². The maximum Gasteiger partial charge on any atom is 0.282 e. The standard InChI is InChI=1S/C34H33N3O3/c1-5-39-32-19-24(4)30(20-29(32)23(2)3)33-36-31-14-10-9-13-28(31)34(38)37(33)35-21-25-15-17-27(18-16-25)40-22-26-11-7-6-8-12-26/h6-21,23H,5,22H2,1-4H3. The van der Waals surface area contributed by atoms with Gasteiger partial charge in [-0.15, -0.1) is 0 Å². The molecule has 0 aliphatic heterocycles. The van der Waals surface area contributed by atoms with Crippen molar-refractivity contribution in [3.63, 3.8) is 0 Å². The Hall–Kier alpha value is -4.71. The quantitative estimate of drug-likeness (QED) is 0.187. The molecule has 0 amide bonds. The van der Waals surface area contributed by atoms with Crippen LogP contribution in [0.5, 0.6) is 11.5 Å². The van der Waals surface area contributed by atoms with E-state index < -0.39 is 0 Å². The van der Waals surface area contributed by atoms with E-state index in [0.717, 1.165) is 39.3 Å². The molecular weight excluding hydrogens is 498 g/mol. The van der Waals surface area contributed by atoms with E-state index in [1.54, 1.807) is 12.3 Å². The molecule has 5 rings (SSSR count). The molecule has 0 unspecified atom stereocenters. The van der Waals surface area contributed by atoms with E-state index in [-0.39, 0.29) is 11.5 Å². The number of fused-ring (bicyclic) bond motifs is 1. The molecule has 6 nitrogen and oxygen atoms in total. The summed E-state index contributed by atoms with van der Waals surface area (Å²) in [6, 6.07) is 29.1. The minimum Gasteiger partial charge on any atom is -0.494 e. The van der Waals surface area contributed by atoms with Gasteiger partial charge in [0, 0.05) is 5.56 Å². The van der Waals surface area contributed by atoms with Crippen molar-refractivity contribution < 1.29 is 9.47 Å². The molecule has 0 N–H and O–H groups in total. The van der Waals surface area contributed by atoms with Crippen molar-refractivity contribution in [2.75, 3.05) is 6.61 Å². The Labute approximate surface area is 234 Å². The van der Waals surface area contributed by atoms with Gasteiger partial charge in [-0.3, -0.25) is 4.79 Å². The Morgan fingerprint density at radius 3 is 2.38 bits per heavy atom. The van der Waals surface area contributed by atoms with Crippen molar-refractivity contribution in [2.24, 2.45) is 5.10 Å². The first-order valence-electron chi connectivity index (χ1n) is 13.5. The van der Waals surface area contributed by atoms with Crippen molar-refractivity contribution in [2.45, 2.75) is 40.2 Å². The van der Waals surface area contributed by atoms with Crippen LogP contribution in [0.1, 0.15) is 48.9 Å². The van der Waals surface area contributed by atoms with E-state index in [1.165, 1.54) is 4.68 Å². The van der Waals surface area contributed by atoms with Gasteiger partial charge >= 0.3 is 0 Å². The highest BCUT2D eigenvalue weighted by Crippen LogP contribution is 2.34. The molecule has 202 valence electrons. The summed E-state index contributed by atoms with van der Waals surface area (Å²) in [5.74, 6) is 2.34. The van der Waals surface area contributed by atoms with Crippen LogP contribution in [0, 0.1) is 6.92 Å². The van der Waals surface area contributed by atoms with Crippen LogP contribution in [0.2, 0.25) is 0 Å². The molecule has 5 aromatic rings. The van der Waals surface area contributed by atoms with Crippen LogP contribution in [0.25, 0.3) is 22.3 Å². The summed E-state index contributed by atoms with van der Waals surface area (Å²) in [5.41, 5.74) is 5.22. The molecule has 4 aromatic carbocycles. The Bertz CT molecular complexity index is 1710. The topological polar surface area (TPSA) is 65.7 Å². The summed E-state index contributed by atoms with van der Waals surface area (Å²) in [5, 5.41) is 5.16. The lowest BCUT2D eigenvalue weighted by Gasteiger charge is -2.18. The second kappa shape index (κ2) is 12.0. The zero-order chi connectivity index (χ0) is 28.1. The number of ether oxygens (including phenoxy) is 2. The van der Waals surface area contributed by atoms with E-state index >= 15 is 0 Å². The molecule has 0 saturated heterocycles. The van der Waals surface area contributed by atoms with E-state index in [9.17, 15) is 4.79 Å². The van der Waals surface area contributed by atoms with Gasteiger partial charge in [0.25, 0.3) is 5.56 Å². The van der Waals surface area contributed by atoms with Gasteiger partial charge in [0.15, 0.2) is 5.82 Å². The fourth-order valence-electron chi connectivity index (χ4n) is 4.59. The van der Waals surface area contributed by atoms with Gasteiger partial charge in [-0.1, -0.05) is 56.3 Å². The number of para-hydroxylation sites is 1. The molecule has 0 fully saturated rings. The average molecular weight is 532 g/mol. The lowest BCUT2D eigenvalue weighted by molar-refractivity contribution is 0.306. The number of hydrogen-bond acceptors (Lipinski definition) is 5. The molecule has 0 radical (unpaired) electrons. The third-order valence-corrected chi connectivity index (χ3v) is 6.72. The van der Waals surface area contributed by atoms with E-state index in [2.05, 4.69) is 25.0 Å². The highest BCUT2D eigenvalue weighted by Gasteiger charge is 2.18. The molecule has 0 saturated carbocycles. The van der Waals surface area contributed by atoms with Gasteiger partial charge in [-0.25, -0.2) is 4.98 Å². The largest absolute Gasteiger partial charge is 0.494 e. The van der Waals surface area contributed by atoms with E-state index in [4.69, 9.17) is 14.5 Å². The number of aromatic nitrogens is 2. The van der Waals surface area contributed by atoms with E-state index in [1.807, 2.05) is 92.7 Å². The predicted octanol–water partition coefficient (Wildman–Crippen LogP) is 7.36. The number of nitrogens with zero attached hydrogens (tertiary/aromatic N) is 3. The number of rotatable bonds is 9. The molecule has 1 aromatic heterocycles. The van der Waals surface area contributed by atoms with Crippen LogP contribution in [0.15, 0.2) is 101 Å². The lowest BCUT2D eigenvalue weighted by atomic mass is 9.96. The van der Waals surface area contributed by atoms with Crippen LogP contribution in [-0.4, -0.2) is 22.5 Å². The maximum atomic E-state index is 13.7. The zero-order valence-electron chi connectivity index (χ0n) is 23.3. The first kappa shape index (κ1) is 26.9. The molecule has 0 spiro atoms. The van der Waals surface area contributed by atoms with Gasteiger partial charge in [0.1, 0.15) is 18.1 Å². The summed E-state index contributed by atoms with van der Waals surface area (Å²) in [7, 11) is 0. The van der Waals surface area contributed by atoms with Gasteiger partial charge in [0.2, 0.25) is 0 Å². The van der Waals surface area contributed by atoms with Crippen molar-refractivity contribution in [3.05, 3.63) is 124 Å². The van der Waals surface area contributed by atoms with E-state index in [0.29, 0.717) is 29.9 Å². The number of benzene rings is 4. The molecule has 0 atom stereocenters. The highest BCUT2D eigenvalue weighted by atomic mass is 16.5. The smallest absolute Gasteiger partial charge is 0.282 e.